The molecule has 1 heterocycles. The SMILES string of the molecule is CCN(CC)c1ccc(/C=C2/C(=O)N(c3ccc(C)c(C)c3)N=C2C)cc1. The van der Waals surface area contributed by atoms with Crippen LogP contribution in [0.1, 0.15) is 37.5 Å². The van der Waals surface area contributed by atoms with Crippen LogP contribution in [0.15, 0.2) is 53.1 Å². The fraction of sp³-hybridized carbons (Fsp3) is 0.304. The normalized spacial score (nSPS) is 15.4. The molecule has 0 unspecified atom stereocenters. The van der Waals surface area contributed by atoms with Gasteiger partial charge in [-0.05, 0) is 81.7 Å². The van der Waals surface area contributed by atoms with Crippen LogP contribution in [-0.2, 0) is 4.79 Å². The highest BCUT2D eigenvalue weighted by Crippen LogP contribution is 2.27. The van der Waals surface area contributed by atoms with E-state index in [0.29, 0.717) is 5.57 Å². The molecule has 1 aliphatic rings. The minimum absolute atomic E-state index is 0.0800. The van der Waals surface area contributed by atoms with E-state index in [1.165, 1.54) is 16.3 Å². The van der Waals surface area contributed by atoms with Gasteiger partial charge in [-0.25, -0.2) is 0 Å². The van der Waals surface area contributed by atoms with E-state index in [4.69, 9.17) is 0 Å². The number of benzene rings is 2. The van der Waals surface area contributed by atoms with Crippen molar-refractivity contribution in [2.24, 2.45) is 5.10 Å². The van der Waals surface area contributed by atoms with Gasteiger partial charge in [0.05, 0.1) is 17.0 Å². The molecule has 140 valence electrons. The van der Waals surface area contributed by atoms with Crippen molar-refractivity contribution in [1.82, 2.24) is 0 Å². The molecule has 2 aromatic carbocycles. The number of anilines is 2. The molecule has 3 rings (SSSR count). The van der Waals surface area contributed by atoms with Crippen molar-refractivity contribution in [3.63, 3.8) is 0 Å². The number of carbonyl (C=O) groups excluding carboxylic acids is 1. The van der Waals surface area contributed by atoms with Gasteiger partial charge >= 0.3 is 0 Å². The van der Waals surface area contributed by atoms with Crippen molar-refractivity contribution >= 4 is 29.1 Å². The van der Waals surface area contributed by atoms with Gasteiger partial charge in [0.1, 0.15) is 0 Å². The lowest BCUT2D eigenvalue weighted by atomic mass is 10.1. The summed E-state index contributed by atoms with van der Waals surface area (Å²) in [5.41, 5.74) is 6.75. The predicted molar refractivity (Wildman–Crippen MR) is 114 cm³/mol. The second kappa shape index (κ2) is 7.78. The molecule has 1 amide bonds. The highest BCUT2D eigenvalue weighted by atomic mass is 16.2. The Kier molecular flexibility index (Phi) is 5.45. The molecule has 0 saturated carbocycles. The summed E-state index contributed by atoms with van der Waals surface area (Å²) in [4.78, 5) is 15.2. The standard InChI is InChI=1S/C23H27N3O/c1-6-25(7-2)20-12-9-19(10-13-20)15-22-18(5)24-26(23(22)27)21-11-8-16(3)17(4)14-21/h8-15H,6-7H2,1-5H3/b22-15+. The summed E-state index contributed by atoms with van der Waals surface area (Å²) in [6, 6.07) is 14.3. The zero-order valence-corrected chi connectivity index (χ0v) is 16.8. The fourth-order valence-electron chi connectivity index (χ4n) is 3.25. The van der Waals surface area contributed by atoms with Crippen LogP contribution in [0.2, 0.25) is 0 Å². The van der Waals surface area contributed by atoms with Gasteiger partial charge in [0.25, 0.3) is 5.91 Å². The number of hydrogen-bond donors (Lipinski definition) is 0. The Hall–Kier alpha value is -2.88. The van der Waals surface area contributed by atoms with Gasteiger partial charge in [-0.15, -0.1) is 0 Å². The maximum atomic E-state index is 12.9. The third kappa shape index (κ3) is 3.80. The molecule has 4 heteroatoms. The van der Waals surface area contributed by atoms with Crippen LogP contribution < -0.4 is 9.91 Å². The molecule has 0 N–H and O–H groups in total. The average Bonchev–Trinajstić information content (AvgIpc) is 2.94. The quantitative estimate of drug-likeness (QED) is 0.706. The van der Waals surface area contributed by atoms with Crippen LogP contribution in [0.4, 0.5) is 11.4 Å². The lowest BCUT2D eigenvalue weighted by molar-refractivity contribution is -0.114. The number of rotatable bonds is 5. The van der Waals surface area contributed by atoms with E-state index in [2.05, 4.69) is 55.0 Å². The van der Waals surface area contributed by atoms with Gasteiger partial charge in [0.2, 0.25) is 0 Å². The Balaban J connectivity index is 1.86. The fourth-order valence-corrected chi connectivity index (χ4v) is 3.25. The molecule has 4 nitrogen and oxygen atoms in total. The second-order valence-electron chi connectivity index (χ2n) is 6.89. The first-order valence-electron chi connectivity index (χ1n) is 9.48. The van der Waals surface area contributed by atoms with E-state index in [1.54, 1.807) is 0 Å². The average molecular weight is 361 g/mol. The van der Waals surface area contributed by atoms with E-state index in [1.807, 2.05) is 38.1 Å². The lowest BCUT2D eigenvalue weighted by Crippen LogP contribution is -2.21. The maximum absolute atomic E-state index is 12.9. The van der Waals surface area contributed by atoms with Gasteiger partial charge in [0.15, 0.2) is 0 Å². The van der Waals surface area contributed by atoms with Crippen LogP contribution in [0.3, 0.4) is 0 Å². The number of hydrazone groups is 1. The van der Waals surface area contributed by atoms with Crippen LogP contribution in [0, 0.1) is 13.8 Å². The number of carbonyl (C=O) groups is 1. The zero-order chi connectivity index (χ0) is 19.6. The summed E-state index contributed by atoms with van der Waals surface area (Å²) < 4.78 is 0. The Morgan fingerprint density at radius 2 is 1.63 bits per heavy atom. The Morgan fingerprint density at radius 1 is 0.963 bits per heavy atom. The topological polar surface area (TPSA) is 35.9 Å². The lowest BCUT2D eigenvalue weighted by Gasteiger charge is -2.20. The van der Waals surface area contributed by atoms with Crippen LogP contribution in [-0.4, -0.2) is 24.7 Å². The van der Waals surface area contributed by atoms with Gasteiger partial charge in [-0.2, -0.15) is 10.1 Å². The third-order valence-corrected chi connectivity index (χ3v) is 5.13. The number of hydrogen-bond acceptors (Lipinski definition) is 3. The van der Waals surface area contributed by atoms with Crippen molar-refractivity contribution < 1.29 is 4.79 Å². The molecule has 0 aliphatic carbocycles. The van der Waals surface area contributed by atoms with Gasteiger partial charge in [0, 0.05) is 18.8 Å². The van der Waals surface area contributed by atoms with Crippen molar-refractivity contribution in [2.45, 2.75) is 34.6 Å². The monoisotopic (exact) mass is 361 g/mol. The highest BCUT2D eigenvalue weighted by molar-refractivity contribution is 6.32. The summed E-state index contributed by atoms with van der Waals surface area (Å²) in [5.74, 6) is -0.0800. The first-order chi connectivity index (χ1) is 12.9. The molecular weight excluding hydrogens is 334 g/mol. The smallest absolute Gasteiger partial charge is 0.280 e. The minimum Gasteiger partial charge on any atom is -0.372 e. The molecule has 0 aromatic heterocycles. The molecule has 0 fully saturated rings. The molecular formula is C23H27N3O. The Bertz CT molecular complexity index is 906. The molecule has 0 atom stereocenters. The Labute approximate surface area is 161 Å². The van der Waals surface area contributed by atoms with E-state index in [-0.39, 0.29) is 5.91 Å². The molecule has 27 heavy (non-hydrogen) atoms. The summed E-state index contributed by atoms with van der Waals surface area (Å²) in [5, 5.41) is 5.98. The first kappa shape index (κ1) is 18.9. The van der Waals surface area contributed by atoms with Crippen LogP contribution in [0.5, 0.6) is 0 Å². The molecule has 1 aliphatic heterocycles. The summed E-state index contributed by atoms with van der Waals surface area (Å²) in [6.45, 7) is 12.2. The molecule has 0 radical (unpaired) electrons. The summed E-state index contributed by atoms with van der Waals surface area (Å²) >= 11 is 0. The maximum Gasteiger partial charge on any atom is 0.280 e. The Morgan fingerprint density at radius 3 is 2.22 bits per heavy atom. The van der Waals surface area contributed by atoms with Gasteiger partial charge in [-0.3, -0.25) is 4.79 Å². The van der Waals surface area contributed by atoms with Gasteiger partial charge in [-0.1, -0.05) is 18.2 Å². The predicted octanol–water partition coefficient (Wildman–Crippen LogP) is 4.96. The first-order valence-corrected chi connectivity index (χ1v) is 9.48. The molecule has 0 saturated heterocycles. The molecule has 0 bridgehead atoms. The largest absolute Gasteiger partial charge is 0.372 e. The zero-order valence-electron chi connectivity index (χ0n) is 16.8. The van der Waals surface area contributed by atoms with Crippen molar-refractivity contribution in [1.29, 1.82) is 0 Å². The third-order valence-electron chi connectivity index (χ3n) is 5.13. The number of amides is 1. The minimum atomic E-state index is -0.0800. The van der Waals surface area contributed by atoms with E-state index in [0.717, 1.165) is 35.6 Å². The van der Waals surface area contributed by atoms with Crippen molar-refractivity contribution in [3.8, 4) is 0 Å². The second-order valence-corrected chi connectivity index (χ2v) is 6.89. The van der Waals surface area contributed by atoms with E-state index < -0.39 is 0 Å². The van der Waals surface area contributed by atoms with Crippen LogP contribution >= 0.6 is 0 Å². The van der Waals surface area contributed by atoms with Crippen LogP contribution in [0.25, 0.3) is 6.08 Å². The van der Waals surface area contributed by atoms with E-state index in [9.17, 15) is 4.79 Å². The summed E-state index contributed by atoms with van der Waals surface area (Å²) in [7, 11) is 0. The summed E-state index contributed by atoms with van der Waals surface area (Å²) in [6.07, 6.45) is 1.92. The van der Waals surface area contributed by atoms with Gasteiger partial charge < -0.3 is 4.90 Å². The van der Waals surface area contributed by atoms with Crippen molar-refractivity contribution in [2.75, 3.05) is 23.0 Å². The highest BCUT2D eigenvalue weighted by Gasteiger charge is 2.28. The molecule has 0 spiro atoms. The van der Waals surface area contributed by atoms with Crippen molar-refractivity contribution in [3.05, 3.63) is 64.7 Å². The number of nitrogens with zero attached hydrogens (tertiary/aromatic N) is 3. The molecule has 2 aromatic rings. The number of aryl methyl sites for hydroxylation is 2. The van der Waals surface area contributed by atoms with E-state index >= 15 is 0 Å².